The number of benzene rings is 1. The van der Waals surface area contributed by atoms with Crippen molar-refractivity contribution >= 4 is 5.78 Å². The average molecular weight is 270 g/mol. The average Bonchev–Trinajstić information content (AvgIpc) is 3.23. The molecule has 1 aromatic heterocycles. The topological polar surface area (TPSA) is 44.1 Å². The van der Waals surface area contributed by atoms with Gasteiger partial charge < -0.3 is 9.30 Å². The van der Waals surface area contributed by atoms with E-state index in [2.05, 4.69) is 9.55 Å². The van der Waals surface area contributed by atoms with Crippen molar-refractivity contribution in [3.63, 3.8) is 0 Å². The quantitative estimate of drug-likeness (QED) is 0.756. The van der Waals surface area contributed by atoms with Crippen molar-refractivity contribution in [2.45, 2.75) is 38.8 Å². The van der Waals surface area contributed by atoms with Crippen molar-refractivity contribution in [1.29, 1.82) is 0 Å². The molecular weight excluding hydrogens is 252 g/mol. The fraction of sp³-hybridized carbons (Fsp3) is 0.375. The molecule has 4 heteroatoms. The molecule has 1 aromatic carbocycles. The van der Waals surface area contributed by atoms with Gasteiger partial charge in [-0.2, -0.15) is 0 Å². The number of carbonyl (C=O) groups is 1. The Morgan fingerprint density at radius 3 is 2.95 bits per heavy atom. The highest BCUT2D eigenvalue weighted by Crippen LogP contribution is 2.35. The van der Waals surface area contributed by atoms with E-state index in [1.54, 1.807) is 0 Å². The molecule has 104 valence electrons. The molecule has 1 heterocycles. The van der Waals surface area contributed by atoms with Gasteiger partial charge >= 0.3 is 0 Å². The highest BCUT2D eigenvalue weighted by Gasteiger charge is 2.25. The molecule has 0 saturated heterocycles. The van der Waals surface area contributed by atoms with Crippen LogP contribution in [0.2, 0.25) is 0 Å². The Hall–Kier alpha value is -2.10. The summed E-state index contributed by atoms with van der Waals surface area (Å²) in [6.45, 7) is 2.31. The van der Waals surface area contributed by atoms with Crippen molar-refractivity contribution in [1.82, 2.24) is 9.55 Å². The summed E-state index contributed by atoms with van der Waals surface area (Å²) in [5.74, 6) is 0.763. The van der Waals surface area contributed by atoms with Gasteiger partial charge in [-0.1, -0.05) is 19.1 Å². The summed E-state index contributed by atoms with van der Waals surface area (Å²) >= 11 is 0. The van der Waals surface area contributed by atoms with Crippen LogP contribution in [-0.4, -0.2) is 15.3 Å². The zero-order chi connectivity index (χ0) is 13.9. The van der Waals surface area contributed by atoms with Crippen LogP contribution >= 0.6 is 0 Å². The van der Waals surface area contributed by atoms with Crippen molar-refractivity contribution in [2.75, 3.05) is 0 Å². The van der Waals surface area contributed by atoms with Gasteiger partial charge in [-0.25, -0.2) is 4.98 Å². The first-order valence-electron chi connectivity index (χ1n) is 7.05. The van der Waals surface area contributed by atoms with E-state index in [9.17, 15) is 4.79 Å². The smallest absolute Gasteiger partial charge is 0.166 e. The summed E-state index contributed by atoms with van der Waals surface area (Å²) in [6.07, 6.45) is 6.62. The normalized spacial score (nSPS) is 14.2. The first kappa shape index (κ1) is 12.9. The third-order valence-electron chi connectivity index (χ3n) is 3.57. The molecule has 3 rings (SSSR count). The second-order valence-electron chi connectivity index (χ2n) is 5.08. The van der Waals surface area contributed by atoms with Gasteiger partial charge in [0.25, 0.3) is 0 Å². The van der Waals surface area contributed by atoms with E-state index in [4.69, 9.17) is 4.74 Å². The third-order valence-corrected chi connectivity index (χ3v) is 3.57. The fourth-order valence-corrected chi connectivity index (χ4v) is 2.29. The van der Waals surface area contributed by atoms with E-state index in [0.29, 0.717) is 30.4 Å². The van der Waals surface area contributed by atoms with Crippen LogP contribution in [0, 0.1) is 0 Å². The highest BCUT2D eigenvalue weighted by atomic mass is 16.5. The minimum atomic E-state index is 0.108. The number of hydrogen-bond acceptors (Lipinski definition) is 3. The summed E-state index contributed by atoms with van der Waals surface area (Å²) in [4.78, 5) is 16.1. The number of ether oxygens (including phenoxy) is 1. The van der Waals surface area contributed by atoms with Crippen LogP contribution in [0.1, 0.15) is 48.3 Å². The Bertz CT molecular complexity index is 614. The molecule has 0 atom stereocenters. The number of imidazole rings is 1. The number of Topliss-reactive ketones (excluding diaryl/α,β-unsaturated/α-hetero) is 1. The molecule has 1 saturated carbocycles. The Kier molecular flexibility index (Phi) is 3.54. The maximum absolute atomic E-state index is 11.9. The Morgan fingerprint density at radius 1 is 1.40 bits per heavy atom. The van der Waals surface area contributed by atoms with E-state index in [1.807, 2.05) is 43.7 Å². The Morgan fingerprint density at radius 2 is 2.20 bits per heavy atom. The van der Waals surface area contributed by atoms with E-state index < -0.39 is 0 Å². The minimum Gasteiger partial charge on any atom is -0.487 e. The van der Waals surface area contributed by atoms with Crippen molar-refractivity contribution in [3.8, 4) is 5.75 Å². The lowest BCUT2D eigenvalue weighted by Gasteiger charge is -2.11. The standard InChI is InChI=1S/C16H18N2O2/c1-2-15(19)14-5-3-4-6-16(14)20-10-13-9-17-11-18(13)12-7-8-12/h3-6,9,11-12H,2,7-8,10H2,1H3. The van der Waals surface area contributed by atoms with Gasteiger partial charge in [0, 0.05) is 12.5 Å². The molecule has 0 bridgehead atoms. The fourth-order valence-electron chi connectivity index (χ4n) is 2.29. The van der Waals surface area contributed by atoms with E-state index in [0.717, 1.165) is 5.69 Å². The predicted molar refractivity (Wildman–Crippen MR) is 75.9 cm³/mol. The Labute approximate surface area is 118 Å². The minimum absolute atomic E-state index is 0.108. The molecular formula is C16H18N2O2. The van der Waals surface area contributed by atoms with Gasteiger partial charge in [0.05, 0.1) is 23.8 Å². The van der Waals surface area contributed by atoms with Crippen molar-refractivity contribution in [2.24, 2.45) is 0 Å². The van der Waals surface area contributed by atoms with Crippen LogP contribution in [0.15, 0.2) is 36.8 Å². The molecule has 0 aliphatic heterocycles. The second kappa shape index (κ2) is 5.49. The van der Waals surface area contributed by atoms with Crippen LogP contribution in [0.3, 0.4) is 0 Å². The molecule has 1 aliphatic rings. The molecule has 4 nitrogen and oxygen atoms in total. The molecule has 1 aliphatic carbocycles. The van der Waals surface area contributed by atoms with Crippen LogP contribution < -0.4 is 4.74 Å². The lowest BCUT2D eigenvalue weighted by molar-refractivity contribution is 0.0983. The summed E-state index contributed by atoms with van der Waals surface area (Å²) in [5.41, 5.74) is 1.72. The lowest BCUT2D eigenvalue weighted by Crippen LogP contribution is -2.06. The number of nitrogens with zero attached hydrogens (tertiary/aromatic N) is 2. The lowest BCUT2D eigenvalue weighted by atomic mass is 10.1. The molecule has 1 fully saturated rings. The van der Waals surface area contributed by atoms with Gasteiger partial charge in [0.1, 0.15) is 12.4 Å². The molecule has 0 radical (unpaired) electrons. The van der Waals surface area contributed by atoms with Gasteiger partial charge in [-0.05, 0) is 25.0 Å². The summed E-state index contributed by atoms with van der Waals surface area (Å²) in [6, 6.07) is 8.01. The molecule has 0 amide bonds. The van der Waals surface area contributed by atoms with E-state index in [-0.39, 0.29) is 5.78 Å². The van der Waals surface area contributed by atoms with Crippen molar-refractivity contribution in [3.05, 3.63) is 48.0 Å². The highest BCUT2D eigenvalue weighted by molar-refractivity contribution is 5.98. The van der Waals surface area contributed by atoms with Gasteiger partial charge in [-0.3, -0.25) is 4.79 Å². The van der Waals surface area contributed by atoms with Gasteiger partial charge in [0.15, 0.2) is 5.78 Å². The first-order valence-corrected chi connectivity index (χ1v) is 7.05. The molecule has 0 spiro atoms. The van der Waals surface area contributed by atoms with E-state index in [1.165, 1.54) is 12.8 Å². The number of aromatic nitrogens is 2. The predicted octanol–water partition coefficient (Wildman–Crippen LogP) is 3.39. The zero-order valence-electron chi connectivity index (χ0n) is 11.6. The number of hydrogen-bond donors (Lipinski definition) is 0. The number of rotatable bonds is 6. The summed E-state index contributed by atoms with van der Waals surface area (Å²) in [5, 5.41) is 0. The largest absolute Gasteiger partial charge is 0.487 e. The van der Waals surface area contributed by atoms with Gasteiger partial charge in [0.2, 0.25) is 0 Å². The molecule has 0 unspecified atom stereocenters. The van der Waals surface area contributed by atoms with Crippen molar-refractivity contribution < 1.29 is 9.53 Å². The number of carbonyl (C=O) groups excluding carboxylic acids is 1. The first-order chi connectivity index (χ1) is 9.79. The number of para-hydroxylation sites is 1. The van der Waals surface area contributed by atoms with Crippen LogP contribution in [-0.2, 0) is 6.61 Å². The molecule has 20 heavy (non-hydrogen) atoms. The monoisotopic (exact) mass is 270 g/mol. The summed E-state index contributed by atoms with van der Waals surface area (Å²) in [7, 11) is 0. The zero-order valence-corrected chi connectivity index (χ0v) is 11.6. The Balaban J connectivity index is 1.75. The van der Waals surface area contributed by atoms with Gasteiger partial charge in [-0.15, -0.1) is 0 Å². The third kappa shape index (κ3) is 2.59. The summed E-state index contributed by atoms with van der Waals surface area (Å²) < 4.78 is 8.01. The van der Waals surface area contributed by atoms with Crippen LogP contribution in [0.4, 0.5) is 0 Å². The number of ketones is 1. The van der Waals surface area contributed by atoms with Crippen LogP contribution in [0.5, 0.6) is 5.75 Å². The van der Waals surface area contributed by atoms with E-state index >= 15 is 0 Å². The second-order valence-corrected chi connectivity index (χ2v) is 5.08. The molecule has 0 N–H and O–H groups in total. The molecule has 2 aromatic rings. The van der Waals surface area contributed by atoms with Crippen LogP contribution in [0.25, 0.3) is 0 Å². The SMILES string of the molecule is CCC(=O)c1ccccc1OCc1cncn1C1CC1. The maximum Gasteiger partial charge on any atom is 0.166 e. The maximum atomic E-state index is 11.9.